The largest absolute Gasteiger partial charge is 0.372 e. The lowest BCUT2D eigenvalue weighted by atomic mass is 10.2. The molecule has 118 valence electrons. The molecule has 0 unspecified atom stereocenters. The van der Waals surface area contributed by atoms with Gasteiger partial charge in [0.05, 0.1) is 22.8 Å². The lowest BCUT2D eigenvalue weighted by Crippen LogP contribution is -2.34. The van der Waals surface area contributed by atoms with Gasteiger partial charge in [0.15, 0.2) is 0 Å². The van der Waals surface area contributed by atoms with Crippen molar-refractivity contribution in [2.75, 3.05) is 10.2 Å². The number of carbonyl (C=O) groups excluding carboxylic acids is 2. The van der Waals surface area contributed by atoms with E-state index < -0.39 is 6.04 Å². The van der Waals surface area contributed by atoms with Crippen molar-refractivity contribution >= 4 is 46.4 Å². The lowest BCUT2D eigenvalue weighted by Gasteiger charge is -2.17. The molecule has 0 aromatic heterocycles. The summed E-state index contributed by atoms with van der Waals surface area (Å²) in [6.45, 7) is 1.95. The third-order valence-electron chi connectivity index (χ3n) is 3.70. The van der Waals surface area contributed by atoms with Gasteiger partial charge in [-0.15, -0.1) is 0 Å². The van der Waals surface area contributed by atoms with Crippen molar-refractivity contribution in [2.24, 2.45) is 0 Å². The van der Waals surface area contributed by atoms with Gasteiger partial charge in [-0.05, 0) is 37.3 Å². The van der Waals surface area contributed by atoms with E-state index in [9.17, 15) is 9.59 Å². The van der Waals surface area contributed by atoms with Crippen molar-refractivity contribution in [2.45, 2.75) is 19.4 Å². The quantitative estimate of drug-likeness (QED) is 0.851. The predicted molar refractivity (Wildman–Crippen MR) is 92.2 cm³/mol. The number of aryl methyl sites for hydroxylation is 1. The van der Waals surface area contributed by atoms with Crippen LogP contribution < -0.4 is 10.2 Å². The number of amides is 2. The standard InChI is InChI=1S/C17H14Cl2N2O2/c1-10-2-5-12(6-3-10)21-16(22)9-15(17(21)23)20-14-7-4-11(18)8-13(14)19/h2-8,15,20H,9H2,1H3/t15-/m0/s1. The number of rotatable bonds is 3. The second-order valence-corrected chi connectivity index (χ2v) is 6.27. The Kier molecular flexibility index (Phi) is 4.28. The zero-order valence-electron chi connectivity index (χ0n) is 12.3. The molecule has 3 rings (SSSR count). The fourth-order valence-electron chi connectivity index (χ4n) is 2.50. The van der Waals surface area contributed by atoms with E-state index in [1.807, 2.05) is 19.1 Å². The molecule has 0 aliphatic carbocycles. The first-order valence-electron chi connectivity index (χ1n) is 7.11. The van der Waals surface area contributed by atoms with Crippen molar-refractivity contribution in [3.8, 4) is 0 Å². The number of anilines is 2. The van der Waals surface area contributed by atoms with Crippen LogP contribution >= 0.6 is 23.2 Å². The average molecular weight is 349 g/mol. The minimum Gasteiger partial charge on any atom is -0.372 e. The van der Waals surface area contributed by atoms with Crippen molar-refractivity contribution in [1.82, 2.24) is 0 Å². The zero-order chi connectivity index (χ0) is 16.6. The first kappa shape index (κ1) is 15.8. The number of hydrogen-bond donors (Lipinski definition) is 1. The van der Waals surface area contributed by atoms with Gasteiger partial charge in [-0.25, -0.2) is 4.90 Å². The highest BCUT2D eigenvalue weighted by Gasteiger charge is 2.39. The fourth-order valence-corrected chi connectivity index (χ4v) is 2.97. The topological polar surface area (TPSA) is 49.4 Å². The van der Waals surface area contributed by atoms with Crippen LogP contribution in [0.3, 0.4) is 0 Å². The van der Waals surface area contributed by atoms with Crippen molar-refractivity contribution < 1.29 is 9.59 Å². The lowest BCUT2D eigenvalue weighted by molar-refractivity contribution is -0.121. The Bertz CT molecular complexity index is 775. The van der Waals surface area contributed by atoms with Crippen LogP contribution in [0.15, 0.2) is 42.5 Å². The maximum atomic E-state index is 12.6. The van der Waals surface area contributed by atoms with E-state index in [1.54, 1.807) is 30.3 Å². The van der Waals surface area contributed by atoms with Gasteiger partial charge in [0.25, 0.3) is 5.91 Å². The van der Waals surface area contributed by atoms with E-state index in [4.69, 9.17) is 23.2 Å². The summed E-state index contributed by atoms with van der Waals surface area (Å²) in [5.41, 5.74) is 2.22. The summed E-state index contributed by atoms with van der Waals surface area (Å²) < 4.78 is 0. The normalized spacial score (nSPS) is 17.7. The molecule has 0 bridgehead atoms. The summed E-state index contributed by atoms with van der Waals surface area (Å²) in [7, 11) is 0. The number of halogens is 2. The molecule has 2 amide bonds. The minimum absolute atomic E-state index is 0.0890. The Morgan fingerprint density at radius 3 is 2.43 bits per heavy atom. The molecule has 1 aliphatic heterocycles. The first-order valence-corrected chi connectivity index (χ1v) is 7.86. The van der Waals surface area contributed by atoms with Gasteiger partial charge in [-0.3, -0.25) is 9.59 Å². The molecule has 2 aromatic carbocycles. The summed E-state index contributed by atoms with van der Waals surface area (Å²) in [4.78, 5) is 26.0. The van der Waals surface area contributed by atoms with E-state index >= 15 is 0 Å². The Balaban J connectivity index is 1.82. The smallest absolute Gasteiger partial charge is 0.256 e. The van der Waals surface area contributed by atoms with Crippen molar-refractivity contribution in [3.05, 3.63) is 58.1 Å². The van der Waals surface area contributed by atoms with Gasteiger partial charge in [0.2, 0.25) is 5.91 Å². The Morgan fingerprint density at radius 2 is 1.78 bits per heavy atom. The molecular formula is C17H14Cl2N2O2. The molecule has 1 fully saturated rings. The molecule has 2 aromatic rings. The molecule has 1 heterocycles. The number of carbonyl (C=O) groups is 2. The summed E-state index contributed by atoms with van der Waals surface area (Å²) in [6.07, 6.45) is 0.0890. The summed E-state index contributed by atoms with van der Waals surface area (Å²) in [5, 5.41) is 3.94. The molecule has 1 aliphatic rings. The Hall–Kier alpha value is -2.04. The van der Waals surface area contributed by atoms with E-state index in [-0.39, 0.29) is 18.2 Å². The number of hydrogen-bond acceptors (Lipinski definition) is 3. The van der Waals surface area contributed by atoms with E-state index in [0.29, 0.717) is 21.4 Å². The van der Waals surface area contributed by atoms with E-state index in [0.717, 1.165) is 5.56 Å². The van der Waals surface area contributed by atoms with Crippen molar-refractivity contribution in [3.63, 3.8) is 0 Å². The Labute approximate surface area is 144 Å². The van der Waals surface area contributed by atoms with Crippen LogP contribution in [0.2, 0.25) is 10.0 Å². The van der Waals surface area contributed by atoms with Crippen LogP contribution in [-0.4, -0.2) is 17.9 Å². The van der Waals surface area contributed by atoms with Gasteiger partial charge < -0.3 is 5.32 Å². The summed E-state index contributed by atoms with van der Waals surface area (Å²) >= 11 is 12.0. The highest BCUT2D eigenvalue weighted by molar-refractivity contribution is 6.36. The third kappa shape index (κ3) is 3.19. The maximum Gasteiger partial charge on any atom is 0.256 e. The number of benzene rings is 2. The summed E-state index contributed by atoms with van der Waals surface area (Å²) in [6, 6.07) is 11.6. The van der Waals surface area contributed by atoms with Gasteiger partial charge in [-0.2, -0.15) is 0 Å². The van der Waals surface area contributed by atoms with Crippen LogP contribution in [0, 0.1) is 6.92 Å². The van der Waals surface area contributed by atoms with Crippen LogP contribution in [-0.2, 0) is 9.59 Å². The molecule has 0 spiro atoms. The first-order chi connectivity index (χ1) is 11.0. The molecule has 0 radical (unpaired) electrons. The minimum atomic E-state index is -0.637. The molecule has 0 saturated carbocycles. The molecule has 6 heteroatoms. The Morgan fingerprint density at radius 1 is 1.09 bits per heavy atom. The summed E-state index contributed by atoms with van der Waals surface area (Å²) in [5.74, 6) is -0.522. The number of nitrogens with zero attached hydrogens (tertiary/aromatic N) is 1. The van der Waals surface area contributed by atoms with Crippen LogP contribution in [0.5, 0.6) is 0 Å². The van der Waals surface area contributed by atoms with E-state index in [2.05, 4.69) is 5.32 Å². The zero-order valence-corrected chi connectivity index (χ0v) is 13.9. The average Bonchev–Trinajstić information content (AvgIpc) is 2.78. The second kappa shape index (κ2) is 6.22. The highest BCUT2D eigenvalue weighted by Crippen LogP contribution is 2.29. The SMILES string of the molecule is Cc1ccc(N2C(=O)C[C@H](Nc3ccc(Cl)cc3Cl)C2=O)cc1. The molecule has 23 heavy (non-hydrogen) atoms. The maximum absolute atomic E-state index is 12.6. The molecule has 1 saturated heterocycles. The van der Waals surface area contributed by atoms with Gasteiger partial charge >= 0.3 is 0 Å². The van der Waals surface area contributed by atoms with Crippen molar-refractivity contribution in [1.29, 1.82) is 0 Å². The van der Waals surface area contributed by atoms with Gasteiger partial charge in [-0.1, -0.05) is 40.9 Å². The molecule has 1 N–H and O–H groups in total. The van der Waals surface area contributed by atoms with Crippen LogP contribution in [0.25, 0.3) is 0 Å². The third-order valence-corrected chi connectivity index (χ3v) is 4.25. The predicted octanol–water partition coefficient (Wildman–Crippen LogP) is 4.05. The highest BCUT2D eigenvalue weighted by atomic mass is 35.5. The van der Waals surface area contributed by atoms with Crippen LogP contribution in [0.4, 0.5) is 11.4 Å². The van der Waals surface area contributed by atoms with Gasteiger partial charge in [0.1, 0.15) is 6.04 Å². The second-order valence-electron chi connectivity index (χ2n) is 5.43. The van der Waals surface area contributed by atoms with Gasteiger partial charge in [0, 0.05) is 5.02 Å². The number of nitrogens with one attached hydrogen (secondary N) is 1. The molecule has 1 atom stereocenters. The van der Waals surface area contributed by atoms with E-state index in [1.165, 1.54) is 4.90 Å². The molecule has 4 nitrogen and oxygen atoms in total. The van der Waals surface area contributed by atoms with Crippen LogP contribution in [0.1, 0.15) is 12.0 Å². The number of imide groups is 1. The monoisotopic (exact) mass is 348 g/mol. The molecular weight excluding hydrogens is 335 g/mol. The fraction of sp³-hybridized carbons (Fsp3) is 0.176.